The van der Waals surface area contributed by atoms with E-state index in [2.05, 4.69) is 25.2 Å². The molecular weight excluding hydrogens is 232 g/mol. The maximum atomic E-state index is 8.75. The Morgan fingerprint density at radius 2 is 2.24 bits per heavy atom. The molecule has 0 aliphatic carbocycles. The molecule has 0 radical (unpaired) electrons. The smallest absolute Gasteiger partial charge is 0.110 e. The van der Waals surface area contributed by atoms with Crippen molar-refractivity contribution in [1.82, 2.24) is 5.32 Å². The van der Waals surface area contributed by atoms with Crippen molar-refractivity contribution < 1.29 is 4.74 Å². The third-order valence-corrected chi connectivity index (χ3v) is 3.61. The van der Waals surface area contributed by atoms with Gasteiger partial charge in [0.2, 0.25) is 0 Å². The zero-order valence-electron chi connectivity index (χ0n) is 10.7. The molecule has 0 spiro atoms. The van der Waals surface area contributed by atoms with Crippen LogP contribution in [0.5, 0.6) is 0 Å². The first kappa shape index (κ1) is 14.2. The number of nitrogens with zero attached hydrogens (tertiary/aromatic N) is 1. The summed E-state index contributed by atoms with van der Waals surface area (Å²) in [5, 5.41) is 12.2. The van der Waals surface area contributed by atoms with E-state index in [1.807, 2.05) is 19.1 Å². The maximum Gasteiger partial charge on any atom is 0.110 e. The van der Waals surface area contributed by atoms with Crippen LogP contribution in [-0.4, -0.2) is 19.3 Å². The number of hydrogen-bond acceptors (Lipinski definition) is 4. The summed E-state index contributed by atoms with van der Waals surface area (Å²) in [5.74, 6) is 0.539. The van der Waals surface area contributed by atoms with Gasteiger partial charge in [0.1, 0.15) is 10.9 Å². The number of rotatable bonds is 7. The zero-order valence-corrected chi connectivity index (χ0v) is 11.5. The molecule has 0 aromatic carbocycles. The van der Waals surface area contributed by atoms with E-state index >= 15 is 0 Å². The Hall–Kier alpha value is -0.890. The molecule has 0 aliphatic heterocycles. The van der Waals surface area contributed by atoms with E-state index in [1.165, 1.54) is 4.88 Å². The van der Waals surface area contributed by atoms with Gasteiger partial charge < -0.3 is 10.1 Å². The Bertz CT molecular complexity index is 368. The fraction of sp³-hybridized carbons (Fsp3) is 0.615. The predicted octanol–water partition coefficient (Wildman–Crippen LogP) is 2.77. The van der Waals surface area contributed by atoms with Crippen molar-refractivity contribution in [2.24, 2.45) is 5.92 Å². The van der Waals surface area contributed by atoms with Crippen molar-refractivity contribution in [3.63, 3.8) is 0 Å². The van der Waals surface area contributed by atoms with Crippen LogP contribution in [0.1, 0.15) is 30.5 Å². The molecule has 1 atom stereocenters. The van der Waals surface area contributed by atoms with Gasteiger partial charge in [-0.3, -0.25) is 0 Å². The average molecular weight is 252 g/mol. The largest absolute Gasteiger partial charge is 0.380 e. The number of hydrogen-bond donors (Lipinski definition) is 1. The van der Waals surface area contributed by atoms with Crippen LogP contribution in [0.15, 0.2) is 12.1 Å². The third kappa shape index (κ3) is 4.86. The molecule has 1 aromatic heterocycles. The van der Waals surface area contributed by atoms with Crippen molar-refractivity contribution in [3.8, 4) is 6.07 Å². The molecule has 0 aliphatic rings. The van der Waals surface area contributed by atoms with Crippen LogP contribution in [-0.2, 0) is 11.3 Å². The first-order valence-corrected chi connectivity index (χ1v) is 6.79. The lowest BCUT2D eigenvalue weighted by Gasteiger charge is -2.21. The van der Waals surface area contributed by atoms with Gasteiger partial charge in [-0.1, -0.05) is 13.8 Å². The minimum Gasteiger partial charge on any atom is -0.380 e. The average Bonchev–Trinajstić information content (AvgIpc) is 2.76. The molecule has 94 valence electrons. The van der Waals surface area contributed by atoms with E-state index in [-0.39, 0.29) is 0 Å². The van der Waals surface area contributed by atoms with Crippen molar-refractivity contribution >= 4 is 11.3 Å². The predicted molar refractivity (Wildman–Crippen MR) is 71.0 cm³/mol. The molecular formula is C13H20N2OS. The Labute approximate surface area is 107 Å². The molecule has 0 fully saturated rings. The lowest BCUT2D eigenvalue weighted by molar-refractivity contribution is 0.108. The molecule has 1 N–H and O–H groups in total. The summed E-state index contributed by atoms with van der Waals surface area (Å²) in [7, 11) is 0. The van der Waals surface area contributed by atoms with Gasteiger partial charge in [-0.25, -0.2) is 0 Å². The summed E-state index contributed by atoms with van der Waals surface area (Å²) in [6, 6.07) is 6.40. The van der Waals surface area contributed by atoms with Crippen LogP contribution in [0.2, 0.25) is 0 Å². The monoisotopic (exact) mass is 252 g/mol. The van der Waals surface area contributed by atoms with E-state index in [0.717, 1.165) is 24.6 Å². The number of thiophene rings is 1. The second kappa shape index (κ2) is 7.44. The summed E-state index contributed by atoms with van der Waals surface area (Å²) in [6.45, 7) is 8.68. The highest BCUT2D eigenvalue weighted by molar-refractivity contribution is 7.12. The number of ether oxygens (including phenoxy) is 1. The molecule has 3 nitrogen and oxygen atoms in total. The van der Waals surface area contributed by atoms with Gasteiger partial charge in [0.25, 0.3) is 0 Å². The van der Waals surface area contributed by atoms with Crippen LogP contribution in [0.25, 0.3) is 0 Å². The standard InChI is InChI=1S/C13H20N2OS/c1-4-16-9-13(10(2)3)15-8-12-6-5-11(7-14)17-12/h5-6,10,13,15H,4,8-9H2,1-3H3. The molecule has 17 heavy (non-hydrogen) atoms. The van der Waals surface area contributed by atoms with E-state index in [9.17, 15) is 0 Å². The van der Waals surface area contributed by atoms with Crippen LogP contribution >= 0.6 is 11.3 Å². The Kier molecular flexibility index (Phi) is 6.20. The molecule has 4 heteroatoms. The first-order chi connectivity index (χ1) is 8.17. The summed E-state index contributed by atoms with van der Waals surface area (Å²) >= 11 is 1.55. The molecule has 1 aromatic rings. The maximum absolute atomic E-state index is 8.75. The Morgan fingerprint density at radius 3 is 2.76 bits per heavy atom. The second-order valence-electron chi connectivity index (χ2n) is 4.27. The topological polar surface area (TPSA) is 45.0 Å². The second-order valence-corrected chi connectivity index (χ2v) is 5.44. The fourth-order valence-corrected chi connectivity index (χ4v) is 2.25. The minimum absolute atomic E-state index is 0.364. The molecule has 1 heterocycles. The molecule has 0 saturated heterocycles. The summed E-state index contributed by atoms with van der Waals surface area (Å²) in [6.07, 6.45) is 0. The molecule has 1 unspecified atom stereocenters. The Morgan fingerprint density at radius 1 is 1.47 bits per heavy atom. The lowest BCUT2D eigenvalue weighted by atomic mass is 10.1. The van der Waals surface area contributed by atoms with Gasteiger partial charge in [-0.05, 0) is 25.0 Å². The van der Waals surface area contributed by atoms with E-state index in [4.69, 9.17) is 10.00 Å². The zero-order chi connectivity index (χ0) is 12.7. The highest BCUT2D eigenvalue weighted by Gasteiger charge is 2.13. The van der Waals surface area contributed by atoms with Crippen LogP contribution in [0.3, 0.4) is 0 Å². The quantitative estimate of drug-likeness (QED) is 0.811. The highest BCUT2D eigenvalue weighted by Crippen LogP contribution is 2.15. The van der Waals surface area contributed by atoms with Crippen molar-refractivity contribution in [2.75, 3.05) is 13.2 Å². The Balaban J connectivity index is 2.43. The normalized spacial score (nSPS) is 12.6. The van der Waals surface area contributed by atoms with E-state index in [1.54, 1.807) is 11.3 Å². The van der Waals surface area contributed by atoms with Crippen molar-refractivity contribution in [1.29, 1.82) is 5.26 Å². The van der Waals surface area contributed by atoms with Crippen LogP contribution in [0.4, 0.5) is 0 Å². The fourth-order valence-electron chi connectivity index (χ4n) is 1.50. The SMILES string of the molecule is CCOCC(NCc1ccc(C#N)s1)C(C)C. The van der Waals surface area contributed by atoms with E-state index < -0.39 is 0 Å². The number of nitriles is 1. The van der Waals surface area contributed by atoms with Gasteiger partial charge in [0, 0.05) is 24.1 Å². The van der Waals surface area contributed by atoms with Crippen LogP contribution in [0, 0.1) is 17.2 Å². The minimum atomic E-state index is 0.364. The van der Waals surface area contributed by atoms with Gasteiger partial charge in [-0.15, -0.1) is 11.3 Å². The summed E-state index contributed by atoms with van der Waals surface area (Å²) in [4.78, 5) is 1.97. The van der Waals surface area contributed by atoms with Crippen molar-refractivity contribution in [3.05, 3.63) is 21.9 Å². The van der Waals surface area contributed by atoms with E-state index in [0.29, 0.717) is 12.0 Å². The molecule has 0 bridgehead atoms. The highest BCUT2D eigenvalue weighted by atomic mass is 32.1. The molecule has 1 rings (SSSR count). The van der Waals surface area contributed by atoms with Gasteiger partial charge in [0.15, 0.2) is 0 Å². The molecule has 0 amide bonds. The lowest BCUT2D eigenvalue weighted by Crippen LogP contribution is -2.37. The van der Waals surface area contributed by atoms with Gasteiger partial charge in [0.05, 0.1) is 6.61 Å². The third-order valence-electron chi connectivity index (χ3n) is 2.62. The van der Waals surface area contributed by atoms with Crippen molar-refractivity contribution in [2.45, 2.75) is 33.4 Å². The van der Waals surface area contributed by atoms with Gasteiger partial charge in [-0.2, -0.15) is 5.26 Å². The summed E-state index contributed by atoms with van der Waals surface area (Å²) in [5.41, 5.74) is 0. The van der Waals surface area contributed by atoms with Crippen LogP contribution < -0.4 is 5.32 Å². The number of nitrogens with one attached hydrogen (secondary N) is 1. The molecule has 0 saturated carbocycles. The summed E-state index contributed by atoms with van der Waals surface area (Å²) < 4.78 is 5.46. The first-order valence-electron chi connectivity index (χ1n) is 5.97. The van der Waals surface area contributed by atoms with Gasteiger partial charge >= 0.3 is 0 Å².